The summed E-state index contributed by atoms with van der Waals surface area (Å²) in [7, 11) is 0. The first-order valence-electron chi connectivity index (χ1n) is 8.44. The van der Waals surface area contributed by atoms with E-state index in [2.05, 4.69) is 85.3 Å². The van der Waals surface area contributed by atoms with Crippen molar-refractivity contribution in [1.29, 1.82) is 0 Å². The lowest BCUT2D eigenvalue weighted by molar-refractivity contribution is 0.267. The Balaban J connectivity index is 2.13. The van der Waals surface area contributed by atoms with Gasteiger partial charge in [-0.15, -0.1) is 0 Å². The molecule has 5 nitrogen and oxygen atoms in total. The summed E-state index contributed by atoms with van der Waals surface area (Å²) in [4.78, 5) is 0. The average Bonchev–Trinajstić information content (AvgIpc) is 2.63. The fourth-order valence-electron chi connectivity index (χ4n) is 2.17. The highest BCUT2D eigenvalue weighted by molar-refractivity contribution is 14.1. The molecule has 0 aromatic heterocycles. The van der Waals surface area contributed by atoms with Crippen molar-refractivity contribution in [2.45, 2.75) is 20.5 Å². The Morgan fingerprint density at radius 2 is 1.89 bits per heavy atom. The van der Waals surface area contributed by atoms with Crippen molar-refractivity contribution in [3.8, 4) is 11.5 Å². The Morgan fingerprint density at radius 1 is 1.15 bits per heavy atom. The lowest BCUT2D eigenvalue weighted by atomic mass is 10.2. The van der Waals surface area contributed by atoms with Gasteiger partial charge in [-0.2, -0.15) is 5.10 Å². The van der Waals surface area contributed by atoms with Crippen molar-refractivity contribution in [2.24, 2.45) is 5.10 Å². The van der Waals surface area contributed by atoms with E-state index in [1.807, 2.05) is 26.0 Å². The van der Waals surface area contributed by atoms with E-state index in [9.17, 15) is 0 Å². The fourth-order valence-corrected chi connectivity index (χ4v) is 3.50. The molecule has 0 aliphatic heterocycles. The lowest BCUT2D eigenvalue weighted by Gasteiger charge is -2.15. The topological polar surface area (TPSA) is 54.9 Å². The molecule has 2 rings (SSSR count). The molecule has 0 saturated heterocycles. The van der Waals surface area contributed by atoms with Gasteiger partial charge in [-0.05, 0) is 107 Å². The van der Waals surface area contributed by atoms with Crippen LogP contribution < -0.4 is 20.2 Å². The second-order valence-electron chi connectivity index (χ2n) is 5.41. The van der Waals surface area contributed by atoms with Gasteiger partial charge in [-0.1, -0.05) is 12.1 Å². The van der Waals surface area contributed by atoms with Crippen molar-refractivity contribution < 1.29 is 9.47 Å². The summed E-state index contributed by atoms with van der Waals surface area (Å²) in [5.74, 6) is 1.44. The van der Waals surface area contributed by atoms with Crippen molar-refractivity contribution in [1.82, 2.24) is 10.7 Å². The highest BCUT2D eigenvalue weighted by Gasteiger charge is 2.12. The van der Waals surface area contributed by atoms with Crippen LogP contribution in [0.5, 0.6) is 11.5 Å². The van der Waals surface area contributed by atoms with Crippen molar-refractivity contribution in [3.05, 3.63) is 54.7 Å². The first-order chi connectivity index (χ1) is 13.0. The second-order valence-corrected chi connectivity index (χ2v) is 8.22. The molecule has 2 N–H and O–H groups in total. The van der Waals surface area contributed by atoms with Gasteiger partial charge in [0.05, 0.1) is 16.4 Å². The molecule has 0 radical (unpaired) electrons. The molecule has 0 bridgehead atoms. The predicted molar refractivity (Wildman–Crippen MR) is 131 cm³/mol. The van der Waals surface area contributed by atoms with Crippen LogP contribution in [0.25, 0.3) is 0 Å². The molecule has 0 unspecified atom stereocenters. The molecule has 0 spiro atoms. The molecule has 2 aromatic rings. The molecule has 8 heteroatoms. The summed E-state index contributed by atoms with van der Waals surface area (Å²) < 4.78 is 14.0. The monoisotopic (exact) mass is 609 g/mol. The van der Waals surface area contributed by atoms with Gasteiger partial charge in [0.25, 0.3) is 0 Å². The molecule has 0 aliphatic rings. The highest BCUT2D eigenvalue weighted by atomic mass is 127. The summed E-state index contributed by atoms with van der Waals surface area (Å²) >= 11 is 9.63. The summed E-state index contributed by atoms with van der Waals surface area (Å²) in [6, 6.07) is 12.2. The zero-order valence-corrected chi connectivity index (χ0v) is 20.2. The van der Waals surface area contributed by atoms with E-state index >= 15 is 0 Å². The van der Waals surface area contributed by atoms with Crippen LogP contribution in [0.15, 0.2) is 41.5 Å². The van der Waals surface area contributed by atoms with Crippen LogP contribution in [0, 0.1) is 7.14 Å². The molecule has 27 heavy (non-hydrogen) atoms. The molecule has 0 heterocycles. The Morgan fingerprint density at radius 3 is 2.56 bits per heavy atom. The van der Waals surface area contributed by atoms with Crippen LogP contribution in [0.3, 0.4) is 0 Å². The molecule has 0 atom stereocenters. The van der Waals surface area contributed by atoms with E-state index in [4.69, 9.17) is 21.7 Å². The SMILES string of the molecule is CCNC(=S)N/N=C\c1cc(I)c(OCc2ccc(I)cc2)c(OCC)c1. The Labute approximate surface area is 192 Å². The van der Waals surface area contributed by atoms with Crippen LogP contribution in [0.2, 0.25) is 0 Å². The molecule has 144 valence electrons. The third-order valence-electron chi connectivity index (χ3n) is 3.35. The predicted octanol–water partition coefficient (Wildman–Crippen LogP) is 4.69. The fraction of sp³-hybridized carbons (Fsp3) is 0.263. The standard InChI is InChI=1S/C19H21I2N3O2S/c1-3-22-19(27)24-23-11-14-9-16(21)18(17(10-14)25-4-2)26-12-13-5-7-15(20)8-6-13/h5-11H,3-4,12H2,1-2H3,(H2,22,24,27)/b23-11-. The van der Waals surface area contributed by atoms with E-state index in [1.54, 1.807) is 6.21 Å². The summed E-state index contributed by atoms with van der Waals surface area (Å²) in [5.41, 5.74) is 4.79. The van der Waals surface area contributed by atoms with Gasteiger partial charge in [-0.3, -0.25) is 5.43 Å². The smallest absolute Gasteiger partial charge is 0.186 e. The lowest BCUT2D eigenvalue weighted by Crippen LogP contribution is -2.31. The van der Waals surface area contributed by atoms with Gasteiger partial charge >= 0.3 is 0 Å². The van der Waals surface area contributed by atoms with E-state index < -0.39 is 0 Å². The van der Waals surface area contributed by atoms with E-state index in [0.29, 0.717) is 24.1 Å². The summed E-state index contributed by atoms with van der Waals surface area (Å²) in [6.45, 7) is 5.72. The minimum absolute atomic E-state index is 0.485. The van der Waals surface area contributed by atoms with E-state index in [0.717, 1.165) is 27.0 Å². The van der Waals surface area contributed by atoms with Gasteiger partial charge in [0.15, 0.2) is 16.6 Å². The first kappa shape index (κ1) is 22.2. The largest absolute Gasteiger partial charge is 0.490 e. The third-order valence-corrected chi connectivity index (χ3v) is 5.10. The van der Waals surface area contributed by atoms with Gasteiger partial charge in [0, 0.05) is 10.1 Å². The normalized spacial score (nSPS) is 10.7. The molecule has 0 saturated carbocycles. The van der Waals surface area contributed by atoms with Gasteiger partial charge in [0.1, 0.15) is 6.61 Å². The number of hydrogen-bond donors (Lipinski definition) is 2. The second kappa shape index (κ2) is 11.6. The van der Waals surface area contributed by atoms with Crippen LogP contribution >= 0.6 is 57.4 Å². The molecule has 0 fully saturated rings. The van der Waals surface area contributed by atoms with Crippen molar-refractivity contribution in [3.63, 3.8) is 0 Å². The Hall–Kier alpha value is -1.14. The van der Waals surface area contributed by atoms with Crippen molar-refractivity contribution in [2.75, 3.05) is 13.2 Å². The highest BCUT2D eigenvalue weighted by Crippen LogP contribution is 2.34. The third kappa shape index (κ3) is 7.41. The number of benzene rings is 2. The molecular formula is C19H21I2N3O2S. The minimum Gasteiger partial charge on any atom is -0.490 e. The Bertz CT molecular complexity index is 798. The van der Waals surface area contributed by atoms with E-state index in [1.165, 1.54) is 3.57 Å². The number of ether oxygens (including phenoxy) is 2. The molecule has 0 aliphatic carbocycles. The van der Waals surface area contributed by atoms with Gasteiger partial charge in [0.2, 0.25) is 0 Å². The van der Waals surface area contributed by atoms with Crippen molar-refractivity contribution >= 4 is 68.7 Å². The van der Waals surface area contributed by atoms with E-state index in [-0.39, 0.29) is 0 Å². The number of rotatable bonds is 8. The van der Waals surface area contributed by atoms with Crippen LogP contribution in [-0.2, 0) is 6.61 Å². The van der Waals surface area contributed by atoms with Crippen LogP contribution in [0.1, 0.15) is 25.0 Å². The number of hydrazone groups is 1. The number of nitrogens with zero attached hydrogens (tertiary/aromatic N) is 1. The molecule has 2 aromatic carbocycles. The first-order valence-corrected chi connectivity index (χ1v) is 11.0. The maximum Gasteiger partial charge on any atom is 0.186 e. The molecule has 0 amide bonds. The summed E-state index contributed by atoms with van der Waals surface area (Å²) in [5, 5.41) is 7.63. The van der Waals surface area contributed by atoms with Gasteiger partial charge < -0.3 is 14.8 Å². The quantitative estimate of drug-likeness (QED) is 0.197. The maximum atomic E-state index is 6.05. The Kier molecular flexibility index (Phi) is 9.56. The number of hydrogen-bond acceptors (Lipinski definition) is 4. The van der Waals surface area contributed by atoms with Gasteiger partial charge in [-0.25, -0.2) is 0 Å². The zero-order chi connectivity index (χ0) is 19.6. The number of halogens is 2. The maximum absolute atomic E-state index is 6.05. The average molecular weight is 609 g/mol. The molecular weight excluding hydrogens is 588 g/mol. The van der Waals surface area contributed by atoms with Crippen LogP contribution in [0.4, 0.5) is 0 Å². The number of thiocarbonyl (C=S) groups is 1. The number of nitrogens with one attached hydrogen (secondary N) is 2. The summed E-state index contributed by atoms with van der Waals surface area (Å²) in [6.07, 6.45) is 1.71. The van der Waals surface area contributed by atoms with Crippen LogP contribution in [-0.4, -0.2) is 24.5 Å². The zero-order valence-electron chi connectivity index (χ0n) is 15.1. The minimum atomic E-state index is 0.485.